The first-order valence-corrected chi connectivity index (χ1v) is 8.87. The number of hydrogen-bond donors (Lipinski definition) is 0. The molecule has 0 saturated carbocycles. The summed E-state index contributed by atoms with van der Waals surface area (Å²) >= 11 is 0. The van der Waals surface area contributed by atoms with E-state index in [1.165, 1.54) is 40.7 Å². The normalized spacial score (nSPS) is 18.7. The summed E-state index contributed by atoms with van der Waals surface area (Å²) < 4.78 is 52.2. The molecule has 0 radical (unpaired) electrons. The topological polar surface area (TPSA) is 54.5 Å². The predicted molar refractivity (Wildman–Crippen MR) is 84.0 cm³/mol. The molecule has 0 N–H and O–H groups in total. The van der Waals surface area contributed by atoms with E-state index in [1.807, 2.05) is 0 Å². The zero-order valence-corrected chi connectivity index (χ0v) is 13.5. The smallest absolute Gasteiger partial charge is 0.243 e. The van der Waals surface area contributed by atoms with Crippen molar-refractivity contribution in [1.82, 2.24) is 4.31 Å². The summed E-state index contributed by atoms with van der Waals surface area (Å²) in [6.45, 7) is 0.285. The third-order valence-electron chi connectivity index (χ3n) is 4.10. The summed E-state index contributed by atoms with van der Waals surface area (Å²) in [5.41, 5.74) is 0.363. The molecule has 0 aliphatic carbocycles. The van der Waals surface area contributed by atoms with Crippen LogP contribution in [0.25, 0.3) is 0 Å². The molecule has 4 nitrogen and oxygen atoms in total. The lowest BCUT2D eigenvalue weighted by molar-refractivity contribution is 0.0927. The fourth-order valence-corrected chi connectivity index (χ4v) is 4.27. The standard InChI is InChI=1S/C17H15F2NO3S/c18-14-3-1-12(2-4-14)17(21)13-9-10-20(11-13)24(22,23)16-7-5-15(19)6-8-16/h1-8,13H,9-11H2/t13-/m0/s1. The molecular weight excluding hydrogens is 336 g/mol. The van der Waals surface area contributed by atoms with Crippen LogP contribution in [0.15, 0.2) is 53.4 Å². The predicted octanol–water partition coefficient (Wildman–Crippen LogP) is 2.86. The molecule has 2 aromatic carbocycles. The van der Waals surface area contributed by atoms with Crippen LogP contribution in [0.1, 0.15) is 16.8 Å². The number of hydrogen-bond acceptors (Lipinski definition) is 3. The molecule has 7 heteroatoms. The Kier molecular flexibility index (Phi) is 4.47. The molecule has 0 spiro atoms. The van der Waals surface area contributed by atoms with Gasteiger partial charge in [0.1, 0.15) is 11.6 Å². The Labute approximate surface area is 138 Å². The molecule has 3 rings (SSSR count). The van der Waals surface area contributed by atoms with Gasteiger partial charge in [-0.05, 0) is 55.0 Å². The highest BCUT2D eigenvalue weighted by Crippen LogP contribution is 2.27. The summed E-state index contributed by atoms with van der Waals surface area (Å²) in [6.07, 6.45) is 0.399. The third-order valence-corrected chi connectivity index (χ3v) is 5.98. The van der Waals surface area contributed by atoms with Crippen LogP contribution < -0.4 is 0 Å². The molecule has 0 amide bonds. The van der Waals surface area contributed by atoms with Crippen LogP contribution in [0.4, 0.5) is 8.78 Å². The van der Waals surface area contributed by atoms with Crippen molar-refractivity contribution >= 4 is 15.8 Å². The van der Waals surface area contributed by atoms with Gasteiger partial charge in [-0.2, -0.15) is 4.31 Å². The lowest BCUT2D eigenvalue weighted by atomic mass is 9.97. The van der Waals surface area contributed by atoms with Gasteiger partial charge in [0.15, 0.2) is 5.78 Å². The maximum absolute atomic E-state index is 13.0. The Morgan fingerprint density at radius 1 is 0.958 bits per heavy atom. The quantitative estimate of drug-likeness (QED) is 0.796. The Bertz CT molecular complexity index is 848. The molecule has 1 aliphatic heterocycles. The second kappa shape index (κ2) is 6.41. The minimum Gasteiger partial charge on any atom is -0.294 e. The summed E-state index contributed by atoms with van der Waals surface area (Å²) in [4.78, 5) is 12.4. The van der Waals surface area contributed by atoms with E-state index in [4.69, 9.17) is 0 Å². The first-order valence-electron chi connectivity index (χ1n) is 7.43. The summed E-state index contributed by atoms with van der Waals surface area (Å²) in [5, 5.41) is 0. The van der Waals surface area contributed by atoms with Gasteiger partial charge >= 0.3 is 0 Å². The second-order valence-corrected chi connectivity index (χ2v) is 7.61. The molecule has 2 aromatic rings. The number of ketones is 1. The number of rotatable bonds is 4. The zero-order chi connectivity index (χ0) is 17.3. The van der Waals surface area contributed by atoms with E-state index in [0.717, 1.165) is 12.1 Å². The molecule has 0 bridgehead atoms. The van der Waals surface area contributed by atoms with Gasteiger partial charge in [0.25, 0.3) is 0 Å². The van der Waals surface area contributed by atoms with Crippen molar-refractivity contribution in [2.45, 2.75) is 11.3 Å². The van der Waals surface area contributed by atoms with Crippen molar-refractivity contribution in [3.05, 3.63) is 65.7 Å². The van der Waals surface area contributed by atoms with Crippen LogP contribution >= 0.6 is 0 Å². The molecule has 1 heterocycles. The number of sulfonamides is 1. The van der Waals surface area contributed by atoms with Gasteiger partial charge in [-0.3, -0.25) is 4.79 Å². The number of nitrogens with zero attached hydrogens (tertiary/aromatic N) is 1. The SMILES string of the molecule is O=C(c1ccc(F)cc1)[C@H]1CCN(S(=O)(=O)c2ccc(F)cc2)C1. The van der Waals surface area contributed by atoms with E-state index in [-0.39, 0.29) is 23.8 Å². The minimum atomic E-state index is -3.76. The average molecular weight is 351 g/mol. The fourth-order valence-electron chi connectivity index (χ4n) is 2.77. The largest absolute Gasteiger partial charge is 0.294 e. The number of carbonyl (C=O) groups excluding carboxylic acids is 1. The summed E-state index contributed by atoms with van der Waals surface area (Å²) in [7, 11) is -3.76. The lowest BCUT2D eigenvalue weighted by Crippen LogP contribution is -2.30. The van der Waals surface area contributed by atoms with Gasteiger partial charge in [-0.15, -0.1) is 0 Å². The highest BCUT2D eigenvalue weighted by atomic mass is 32.2. The van der Waals surface area contributed by atoms with E-state index in [0.29, 0.717) is 12.0 Å². The van der Waals surface area contributed by atoms with Crippen molar-refractivity contribution < 1.29 is 22.0 Å². The Morgan fingerprint density at radius 2 is 1.50 bits per heavy atom. The molecular formula is C17H15F2NO3S. The van der Waals surface area contributed by atoms with Crippen molar-refractivity contribution in [1.29, 1.82) is 0 Å². The maximum Gasteiger partial charge on any atom is 0.243 e. The first-order chi connectivity index (χ1) is 11.4. The average Bonchev–Trinajstić information content (AvgIpc) is 3.06. The summed E-state index contributed by atoms with van der Waals surface area (Å²) in [5.74, 6) is -1.62. The molecule has 1 aliphatic rings. The Morgan fingerprint density at radius 3 is 2.08 bits per heavy atom. The van der Waals surface area contributed by atoms with Crippen LogP contribution in [0.2, 0.25) is 0 Å². The molecule has 0 unspecified atom stereocenters. The molecule has 24 heavy (non-hydrogen) atoms. The van der Waals surface area contributed by atoms with Crippen molar-refractivity contribution in [3.63, 3.8) is 0 Å². The first kappa shape index (κ1) is 16.7. The lowest BCUT2D eigenvalue weighted by Gasteiger charge is -2.16. The van der Waals surface area contributed by atoms with E-state index in [9.17, 15) is 22.0 Å². The van der Waals surface area contributed by atoms with Gasteiger partial charge in [-0.25, -0.2) is 17.2 Å². The zero-order valence-electron chi connectivity index (χ0n) is 12.7. The van der Waals surface area contributed by atoms with E-state index in [1.54, 1.807) is 0 Å². The van der Waals surface area contributed by atoms with Gasteiger partial charge in [0, 0.05) is 24.6 Å². The monoisotopic (exact) mass is 351 g/mol. The molecule has 1 atom stereocenters. The maximum atomic E-state index is 13.0. The Balaban J connectivity index is 1.76. The van der Waals surface area contributed by atoms with Crippen LogP contribution in [0, 0.1) is 17.6 Å². The molecule has 1 saturated heterocycles. The van der Waals surface area contributed by atoms with Crippen LogP contribution in [0.3, 0.4) is 0 Å². The molecule has 1 fully saturated rings. The highest BCUT2D eigenvalue weighted by molar-refractivity contribution is 7.89. The molecule has 126 valence electrons. The second-order valence-electron chi connectivity index (χ2n) is 5.67. The van der Waals surface area contributed by atoms with Crippen molar-refractivity contribution in [3.8, 4) is 0 Å². The fraction of sp³-hybridized carbons (Fsp3) is 0.235. The molecule has 0 aromatic heterocycles. The van der Waals surface area contributed by atoms with Crippen molar-refractivity contribution in [2.24, 2.45) is 5.92 Å². The third kappa shape index (κ3) is 3.22. The van der Waals surface area contributed by atoms with Gasteiger partial charge < -0.3 is 0 Å². The van der Waals surface area contributed by atoms with Gasteiger partial charge in [-0.1, -0.05) is 0 Å². The minimum absolute atomic E-state index is 0.00113. The van der Waals surface area contributed by atoms with Crippen LogP contribution in [-0.4, -0.2) is 31.6 Å². The number of halogens is 2. The number of carbonyl (C=O) groups is 1. The number of Topliss-reactive ketones (excluding diaryl/α,β-unsaturated/α-hetero) is 1. The summed E-state index contributed by atoms with van der Waals surface area (Å²) in [6, 6.07) is 9.79. The Hall–Kier alpha value is -2.12. The van der Waals surface area contributed by atoms with E-state index >= 15 is 0 Å². The van der Waals surface area contributed by atoms with E-state index < -0.39 is 27.6 Å². The van der Waals surface area contributed by atoms with Crippen molar-refractivity contribution in [2.75, 3.05) is 13.1 Å². The van der Waals surface area contributed by atoms with Gasteiger partial charge in [0.05, 0.1) is 4.90 Å². The van der Waals surface area contributed by atoms with E-state index in [2.05, 4.69) is 0 Å². The van der Waals surface area contributed by atoms with Crippen LogP contribution in [0.5, 0.6) is 0 Å². The highest BCUT2D eigenvalue weighted by Gasteiger charge is 2.36. The number of benzene rings is 2. The van der Waals surface area contributed by atoms with Gasteiger partial charge in [0.2, 0.25) is 10.0 Å². The van der Waals surface area contributed by atoms with Crippen LogP contribution in [-0.2, 0) is 10.0 Å².